The zero-order chi connectivity index (χ0) is 9.68. The molecule has 1 unspecified atom stereocenters. The number of rotatable bonds is 5. The summed E-state index contributed by atoms with van der Waals surface area (Å²) >= 11 is 1.87. The zero-order valence-electron chi connectivity index (χ0n) is 8.45. The van der Waals surface area contributed by atoms with E-state index in [-0.39, 0.29) is 0 Å². The number of nitrogens with one attached hydrogen (secondary N) is 1. The number of thioether (sulfide) groups is 1. The van der Waals surface area contributed by atoms with Crippen molar-refractivity contribution in [3.63, 3.8) is 0 Å². The van der Waals surface area contributed by atoms with Crippen molar-refractivity contribution < 1.29 is 0 Å². The highest BCUT2D eigenvalue weighted by atomic mass is 32.2. The molecule has 0 radical (unpaired) electrons. The highest BCUT2D eigenvalue weighted by Crippen LogP contribution is 2.18. The number of hydrogen-bond donors (Lipinski definition) is 1. The maximum absolute atomic E-state index is 4.12. The van der Waals surface area contributed by atoms with Gasteiger partial charge in [0, 0.05) is 23.9 Å². The predicted molar refractivity (Wildman–Crippen MR) is 57.0 cm³/mol. The van der Waals surface area contributed by atoms with Crippen LogP contribution in [-0.2, 0) is 7.05 Å². The van der Waals surface area contributed by atoms with E-state index in [4.69, 9.17) is 0 Å². The fraction of sp³-hybridized carbons (Fsp3) is 0.667. The molecule has 1 atom stereocenters. The van der Waals surface area contributed by atoms with Gasteiger partial charge in [-0.25, -0.2) is 0 Å². The van der Waals surface area contributed by atoms with Gasteiger partial charge in [-0.05, 0) is 19.5 Å². The van der Waals surface area contributed by atoms with E-state index in [1.165, 1.54) is 4.90 Å². The van der Waals surface area contributed by atoms with Gasteiger partial charge in [-0.1, -0.05) is 6.92 Å². The summed E-state index contributed by atoms with van der Waals surface area (Å²) < 4.78 is 1.84. The van der Waals surface area contributed by atoms with Gasteiger partial charge in [0.25, 0.3) is 0 Å². The first-order valence-electron chi connectivity index (χ1n) is 4.48. The molecule has 1 heterocycles. The molecule has 13 heavy (non-hydrogen) atoms. The van der Waals surface area contributed by atoms with E-state index in [1.54, 1.807) is 0 Å². The summed E-state index contributed by atoms with van der Waals surface area (Å²) in [6, 6.07) is 0. The van der Waals surface area contributed by atoms with Gasteiger partial charge in [0.15, 0.2) is 0 Å². The van der Waals surface area contributed by atoms with Crippen LogP contribution in [0.25, 0.3) is 0 Å². The molecule has 0 aliphatic carbocycles. The van der Waals surface area contributed by atoms with E-state index in [1.807, 2.05) is 36.7 Å². The largest absolute Gasteiger partial charge is 0.319 e. The Bertz CT molecular complexity index is 247. The van der Waals surface area contributed by atoms with Crippen molar-refractivity contribution in [1.82, 2.24) is 15.1 Å². The molecule has 1 rings (SSSR count). The van der Waals surface area contributed by atoms with Gasteiger partial charge < -0.3 is 5.32 Å². The first-order valence-corrected chi connectivity index (χ1v) is 5.47. The van der Waals surface area contributed by atoms with Crippen molar-refractivity contribution in [2.75, 3.05) is 19.3 Å². The average Bonchev–Trinajstić information content (AvgIpc) is 2.49. The molecule has 0 aliphatic heterocycles. The van der Waals surface area contributed by atoms with Gasteiger partial charge in [-0.15, -0.1) is 11.8 Å². The van der Waals surface area contributed by atoms with Crippen LogP contribution in [0.3, 0.4) is 0 Å². The van der Waals surface area contributed by atoms with Crippen molar-refractivity contribution >= 4 is 11.8 Å². The zero-order valence-corrected chi connectivity index (χ0v) is 9.27. The lowest BCUT2D eigenvalue weighted by Gasteiger charge is -2.08. The van der Waals surface area contributed by atoms with Gasteiger partial charge in [0.05, 0.1) is 6.20 Å². The fourth-order valence-electron chi connectivity index (χ4n) is 1.12. The Labute approximate surface area is 83.9 Å². The second-order valence-electron chi connectivity index (χ2n) is 3.32. The lowest BCUT2D eigenvalue weighted by atomic mass is 10.2. The smallest absolute Gasteiger partial charge is 0.0625 e. The average molecular weight is 199 g/mol. The van der Waals surface area contributed by atoms with Crippen molar-refractivity contribution in [3.05, 3.63) is 12.4 Å². The minimum atomic E-state index is 0.704. The van der Waals surface area contributed by atoms with Crippen molar-refractivity contribution in [1.29, 1.82) is 0 Å². The van der Waals surface area contributed by atoms with E-state index >= 15 is 0 Å². The molecular weight excluding hydrogens is 182 g/mol. The standard InChI is InChI=1S/C9H17N3S/c1-8(4-10-2)7-13-9-5-11-12(3)6-9/h5-6,8,10H,4,7H2,1-3H3. The summed E-state index contributed by atoms with van der Waals surface area (Å²) in [5.41, 5.74) is 0. The Kier molecular flexibility index (Phi) is 4.32. The third-order valence-electron chi connectivity index (χ3n) is 1.77. The first kappa shape index (κ1) is 10.6. The van der Waals surface area contributed by atoms with Crippen molar-refractivity contribution in [2.24, 2.45) is 13.0 Å². The van der Waals surface area contributed by atoms with E-state index in [0.717, 1.165) is 12.3 Å². The Morgan fingerprint density at radius 3 is 3.00 bits per heavy atom. The first-order chi connectivity index (χ1) is 6.22. The number of hydrogen-bond acceptors (Lipinski definition) is 3. The molecule has 0 amide bonds. The minimum absolute atomic E-state index is 0.704. The van der Waals surface area contributed by atoms with Crippen LogP contribution in [0.2, 0.25) is 0 Å². The molecule has 74 valence electrons. The maximum Gasteiger partial charge on any atom is 0.0625 e. The molecule has 1 N–H and O–H groups in total. The monoisotopic (exact) mass is 199 g/mol. The molecule has 1 aromatic rings. The number of nitrogens with zero attached hydrogens (tertiary/aromatic N) is 2. The topological polar surface area (TPSA) is 29.9 Å². The molecule has 0 aliphatic rings. The fourth-order valence-corrected chi connectivity index (χ4v) is 2.06. The molecule has 0 bridgehead atoms. The van der Waals surface area contributed by atoms with Crippen LogP contribution in [-0.4, -0.2) is 29.1 Å². The molecule has 0 saturated heterocycles. The Morgan fingerprint density at radius 2 is 2.46 bits per heavy atom. The molecule has 0 fully saturated rings. The Balaban J connectivity index is 2.26. The lowest BCUT2D eigenvalue weighted by Crippen LogP contribution is -2.17. The van der Waals surface area contributed by atoms with Gasteiger partial charge in [-0.3, -0.25) is 4.68 Å². The highest BCUT2D eigenvalue weighted by Gasteiger charge is 2.02. The SMILES string of the molecule is CNCC(C)CSc1cnn(C)c1. The van der Waals surface area contributed by atoms with Crippen LogP contribution >= 0.6 is 11.8 Å². The molecule has 1 aromatic heterocycles. The van der Waals surface area contributed by atoms with E-state index < -0.39 is 0 Å². The summed E-state index contributed by atoms with van der Waals surface area (Å²) in [6.45, 7) is 3.33. The van der Waals surface area contributed by atoms with Crippen LogP contribution < -0.4 is 5.32 Å². The van der Waals surface area contributed by atoms with Crippen LogP contribution in [0.4, 0.5) is 0 Å². The summed E-state index contributed by atoms with van der Waals surface area (Å²) in [6.07, 6.45) is 3.97. The van der Waals surface area contributed by atoms with E-state index in [9.17, 15) is 0 Å². The molecule has 0 saturated carbocycles. The summed E-state index contributed by atoms with van der Waals surface area (Å²) in [5, 5.41) is 7.30. The maximum atomic E-state index is 4.12. The predicted octanol–water partition coefficient (Wildman–Crippen LogP) is 1.37. The van der Waals surface area contributed by atoms with Gasteiger partial charge >= 0.3 is 0 Å². The summed E-state index contributed by atoms with van der Waals surface area (Å²) in [7, 11) is 3.94. The molecular formula is C9H17N3S. The van der Waals surface area contributed by atoms with Gasteiger partial charge in [0.1, 0.15) is 0 Å². The van der Waals surface area contributed by atoms with Crippen molar-refractivity contribution in [2.45, 2.75) is 11.8 Å². The lowest BCUT2D eigenvalue weighted by molar-refractivity contribution is 0.603. The minimum Gasteiger partial charge on any atom is -0.319 e. The van der Waals surface area contributed by atoms with Crippen LogP contribution in [0.15, 0.2) is 17.3 Å². The van der Waals surface area contributed by atoms with Crippen LogP contribution in [0, 0.1) is 5.92 Å². The summed E-state index contributed by atoms with van der Waals surface area (Å²) in [4.78, 5) is 1.26. The Hall–Kier alpha value is -0.480. The molecule has 3 nitrogen and oxygen atoms in total. The molecule has 0 aromatic carbocycles. The second kappa shape index (κ2) is 5.29. The third-order valence-corrected chi connectivity index (χ3v) is 3.05. The van der Waals surface area contributed by atoms with Crippen LogP contribution in [0.5, 0.6) is 0 Å². The highest BCUT2D eigenvalue weighted by molar-refractivity contribution is 7.99. The molecule has 4 heteroatoms. The third kappa shape index (κ3) is 3.83. The van der Waals surface area contributed by atoms with Crippen LogP contribution in [0.1, 0.15) is 6.92 Å². The second-order valence-corrected chi connectivity index (χ2v) is 4.42. The van der Waals surface area contributed by atoms with Crippen molar-refractivity contribution in [3.8, 4) is 0 Å². The van der Waals surface area contributed by atoms with Gasteiger partial charge in [-0.2, -0.15) is 5.10 Å². The Morgan fingerprint density at radius 1 is 1.69 bits per heavy atom. The van der Waals surface area contributed by atoms with E-state index in [2.05, 4.69) is 23.5 Å². The summed E-state index contributed by atoms with van der Waals surface area (Å²) in [5.74, 6) is 1.85. The number of aryl methyl sites for hydroxylation is 1. The molecule has 0 spiro atoms. The quantitative estimate of drug-likeness (QED) is 0.726. The van der Waals surface area contributed by atoms with Gasteiger partial charge in [0.2, 0.25) is 0 Å². The normalized spacial score (nSPS) is 13.2. The number of aromatic nitrogens is 2. The van der Waals surface area contributed by atoms with E-state index in [0.29, 0.717) is 5.92 Å².